The first kappa shape index (κ1) is 13.4. The molecule has 3 heteroatoms. The van der Waals surface area contributed by atoms with E-state index in [1.54, 1.807) is 7.11 Å². The number of benzene rings is 2. The molecule has 0 saturated carbocycles. The van der Waals surface area contributed by atoms with Crippen molar-refractivity contribution >= 4 is 0 Å². The highest BCUT2D eigenvalue weighted by Crippen LogP contribution is 2.31. The summed E-state index contributed by atoms with van der Waals surface area (Å²) in [5.41, 5.74) is 5.63. The molecule has 0 bridgehead atoms. The van der Waals surface area contributed by atoms with Gasteiger partial charge in [0, 0.05) is 16.7 Å². The smallest absolute Gasteiger partial charge is 0.118 e. The van der Waals surface area contributed by atoms with Gasteiger partial charge in [-0.05, 0) is 30.7 Å². The van der Waals surface area contributed by atoms with Crippen molar-refractivity contribution in [3.63, 3.8) is 0 Å². The summed E-state index contributed by atoms with van der Waals surface area (Å²) in [6, 6.07) is 18.3. The van der Waals surface area contributed by atoms with Gasteiger partial charge in [0.05, 0.1) is 18.5 Å². The Bertz CT molecular complexity index is 715. The Hall–Kier alpha value is -2.55. The lowest BCUT2D eigenvalue weighted by molar-refractivity contribution is 0.415. The molecule has 0 unspecified atom stereocenters. The molecule has 3 nitrogen and oxygen atoms in total. The third-order valence-corrected chi connectivity index (χ3v) is 3.65. The largest absolute Gasteiger partial charge is 0.497 e. The average Bonchev–Trinajstić information content (AvgIpc) is 2.99. The molecule has 0 aliphatic rings. The molecule has 21 heavy (non-hydrogen) atoms. The molecule has 0 amide bonds. The molecule has 0 aliphatic carbocycles. The first-order valence-electron chi connectivity index (χ1n) is 7.10. The molecule has 0 fully saturated rings. The molecule has 3 rings (SSSR count). The summed E-state index contributed by atoms with van der Waals surface area (Å²) in [4.78, 5) is 0. The SMILES string of the molecule is CCc1c(-c2ccccc2)n[nH]c1-c1ccc(OC)cc1. The zero-order valence-electron chi connectivity index (χ0n) is 12.3. The van der Waals surface area contributed by atoms with Crippen molar-refractivity contribution in [1.82, 2.24) is 10.2 Å². The summed E-state index contributed by atoms with van der Waals surface area (Å²) < 4.78 is 5.21. The zero-order chi connectivity index (χ0) is 14.7. The van der Waals surface area contributed by atoms with E-state index < -0.39 is 0 Å². The normalized spacial score (nSPS) is 10.6. The van der Waals surface area contributed by atoms with Gasteiger partial charge in [-0.3, -0.25) is 5.10 Å². The van der Waals surface area contributed by atoms with E-state index in [1.165, 1.54) is 5.56 Å². The second-order valence-corrected chi connectivity index (χ2v) is 4.87. The second kappa shape index (κ2) is 5.83. The van der Waals surface area contributed by atoms with Crippen LogP contribution in [0.2, 0.25) is 0 Å². The van der Waals surface area contributed by atoms with Crippen LogP contribution in [0.25, 0.3) is 22.5 Å². The number of hydrogen-bond acceptors (Lipinski definition) is 2. The Balaban J connectivity index is 2.05. The van der Waals surface area contributed by atoms with Gasteiger partial charge in [-0.1, -0.05) is 37.3 Å². The number of hydrogen-bond donors (Lipinski definition) is 1. The van der Waals surface area contributed by atoms with Gasteiger partial charge in [-0.25, -0.2) is 0 Å². The topological polar surface area (TPSA) is 37.9 Å². The summed E-state index contributed by atoms with van der Waals surface area (Å²) in [6.45, 7) is 2.16. The number of aromatic amines is 1. The molecule has 2 aromatic carbocycles. The summed E-state index contributed by atoms with van der Waals surface area (Å²) in [6.07, 6.45) is 0.933. The van der Waals surface area contributed by atoms with Crippen LogP contribution >= 0.6 is 0 Å². The maximum absolute atomic E-state index is 5.21. The van der Waals surface area contributed by atoms with Gasteiger partial charge in [-0.15, -0.1) is 0 Å². The first-order valence-corrected chi connectivity index (χ1v) is 7.10. The lowest BCUT2D eigenvalue weighted by atomic mass is 10.0. The van der Waals surface area contributed by atoms with E-state index in [2.05, 4.69) is 41.4 Å². The fourth-order valence-corrected chi connectivity index (χ4v) is 2.54. The van der Waals surface area contributed by atoms with E-state index in [4.69, 9.17) is 4.74 Å². The van der Waals surface area contributed by atoms with Crippen LogP contribution in [0, 0.1) is 0 Å². The lowest BCUT2D eigenvalue weighted by Gasteiger charge is -2.05. The zero-order valence-corrected chi connectivity index (χ0v) is 12.3. The van der Waals surface area contributed by atoms with Crippen molar-refractivity contribution in [3.05, 3.63) is 60.2 Å². The van der Waals surface area contributed by atoms with Crippen LogP contribution in [0.3, 0.4) is 0 Å². The number of aromatic nitrogens is 2. The highest BCUT2D eigenvalue weighted by atomic mass is 16.5. The van der Waals surface area contributed by atoms with Gasteiger partial charge in [0.1, 0.15) is 5.75 Å². The highest BCUT2D eigenvalue weighted by Gasteiger charge is 2.14. The molecule has 0 spiro atoms. The molecule has 1 aromatic heterocycles. The molecule has 106 valence electrons. The van der Waals surface area contributed by atoms with E-state index >= 15 is 0 Å². The average molecular weight is 278 g/mol. The van der Waals surface area contributed by atoms with E-state index in [0.29, 0.717) is 0 Å². The van der Waals surface area contributed by atoms with E-state index in [9.17, 15) is 0 Å². The van der Waals surface area contributed by atoms with E-state index in [1.807, 2.05) is 30.3 Å². The van der Waals surface area contributed by atoms with Gasteiger partial charge in [0.2, 0.25) is 0 Å². The molecule has 0 aliphatic heterocycles. The third-order valence-electron chi connectivity index (χ3n) is 3.65. The number of ether oxygens (including phenoxy) is 1. The third kappa shape index (κ3) is 2.55. The van der Waals surface area contributed by atoms with Gasteiger partial charge in [0.25, 0.3) is 0 Å². The Morgan fingerprint density at radius 1 is 0.952 bits per heavy atom. The minimum Gasteiger partial charge on any atom is -0.497 e. The van der Waals surface area contributed by atoms with Crippen LogP contribution in [0.15, 0.2) is 54.6 Å². The number of nitrogens with one attached hydrogen (secondary N) is 1. The van der Waals surface area contributed by atoms with Gasteiger partial charge < -0.3 is 4.74 Å². The maximum Gasteiger partial charge on any atom is 0.118 e. The monoisotopic (exact) mass is 278 g/mol. The quantitative estimate of drug-likeness (QED) is 0.772. The molecule has 3 aromatic rings. The number of methoxy groups -OCH3 is 1. The summed E-state index contributed by atoms with van der Waals surface area (Å²) >= 11 is 0. The van der Waals surface area contributed by atoms with Crippen molar-refractivity contribution in [2.75, 3.05) is 7.11 Å². The molecule has 0 atom stereocenters. The molecule has 1 N–H and O–H groups in total. The predicted octanol–water partition coefficient (Wildman–Crippen LogP) is 4.31. The molecule has 1 heterocycles. The summed E-state index contributed by atoms with van der Waals surface area (Å²) in [7, 11) is 1.68. The molecular formula is C18H18N2O. The van der Waals surface area contributed by atoms with E-state index in [0.717, 1.165) is 34.7 Å². The second-order valence-electron chi connectivity index (χ2n) is 4.87. The van der Waals surface area contributed by atoms with Crippen LogP contribution < -0.4 is 4.74 Å². The first-order chi connectivity index (χ1) is 10.3. The Kier molecular flexibility index (Phi) is 3.73. The van der Waals surface area contributed by atoms with Gasteiger partial charge in [0.15, 0.2) is 0 Å². The minimum atomic E-state index is 0.861. The highest BCUT2D eigenvalue weighted by molar-refractivity contribution is 5.74. The number of nitrogens with zero attached hydrogens (tertiary/aromatic N) is 1. The van der Waals surface area contributed by atoms with Crippen LogP contribution in [-0.4, -0.2) is 17.3 Å². The van der Waals surface area contributed by atoms with Crippen LogP contribution in [-0.2, 0) is 6.42 Å². The maximum atomic E-state index is 5.21. The van der Waals surface area contributed by atoms with Crippen molar-refractivity contribution < 1.29 is 4.74 Å². The number of H-pyrrole nitrogens is 1. The molecule has 0 radical (unpaired) electrons. The van der Waals surface area contributed by atoms with Gasteiger partial charge >= 0.3 is 0 Å². The fraction of sp³-hybridized carbons (Fsp3) is 0.167. The standard InChI is InChI=1S/C18H18N2O/c1-3-16-17(13-7-5-4-6-8-13)19-20-18(16)14-9-11-15(21-2)12-10-14/h4-12H,3H2,1-2H3,(H,19,20). The van der Waals surface area contributed by atoms with Crippen molar-refractivity contribution in [1.29, 1.82) is 0 Å². The van der Waals surface area contributed by atoms with E-state index in [-0.39, 0.29) is 0 Å². The summed E-state index contributed by atoms with van der Waals surface area (Å²) in [5, 5.41) is 7.71. The van der Waals surface area contributed by atoms with Crippen molar-refractivity contribution in [2.45, 2.75) is 13.3 Å². The Morgan fingerprint density at radius 2 is 1.67 bits per heavy atom. The van der Waals surface area contributed by atoms with Gasteiger partial charge in [-0.2, -0.15) is 5.10 Å². The fourth-order valence-electron chi connectivity index (χ4n) is 2.54. The lowest BCUT2D eigenvalue weighted by Crippen LogP contribution is -1.88. The van der Waals surface area contributed by atoms with Crippen LogP contribution in [0.5, 0.6) is 5.75 Å². The summed E-state index contributed by atoms with van der Waals surface area (Å²) in [5.74, 6) is 0.861. The van der Waals surface area contributed by atoms with Crippen molar-refractivity contribution in [3.8, 4) is 28.3 Å². The predicted molar refractivity (Wildman–Crippen MR) is 85.4 cm³/mol. The molecular weight excluding hydrogens is 260 g/mol. The van der Waals surface area contributed by atoms with Crippen LogP contribution in [0.4, 0.5) is 0 Å². The Labute approximate surface area is 124 Å². The van der Waals surface area contributed by atoms with Crippen LogP contribution in [0.1, 0.15) is 12.5 Å². The minimum absolute atomic E-state index is 0.861. The number of rotatable bonds is 4. The Morgan fingerprint density at radius 3 is 2.29 bits per heavy atom. The molecule has 0 saturated heterocycles. The van der Waals surface area contributed by atoms with Crippen molar-refractivity contribution in [2.24, 2.45) is 0 Å².